The van der Waals surface area contributed by atoms with Crippen molar-refractivity contribution in [3.8, 4) is 0 Å². The molecule has 100 valence electrons. The van der Waals surface area contributed by atoms with Crippen LogP contribution in [0.4, 0.5) is 4.39 Å². The summed E-state index contributed by atoms with van der Waals surface area (Å²) in [5.41, 5.74) is 2.30. The zero-order valence-corrected chi connectivity index (χ0v) is 11.9. The van der Waals surface area contributed by atoms with Crippen LogP contribution in [-0.2, 0) is 19.3 Å². The van der Waals surface area contributed by atoms with E-state index in [4.69, 9.17) is 0 Å². The molecule has 1 aromatic carbocycles. The average molecular weight is 275 g/mol. The van der Waals surface area contributed by atoms with Crippen molar-refractivity contribution in [2.75, 3.05) is 7.05 Å². The molecule has 0 radical (unpaired) electrons. The number of fused-ring (bicyclic) bond motifs is 1. The summed E-state index contributed by atoms with van der Waals surface area (Å²) in [6.07, 6.45) is 4.43. The molecule has 0 amide bonds. The van der Waals surface area contributed by atoms with Crippen molar-refractivity contribution in [1.82, 2.24) is 5.32 Å². The number of hydrogen-bond acceptors (Lipinski definition) is 2. The minimum absolute atomic E-state index is 0.105. The Bertz CT molecular complexity index is 554. The van der Waals surface area contributed by atoms with E-state index in [1.807, 2.05) is 30.5 Å². The summed E-state index contributed by atoms with van der Waals surface area (Å²) >= 11 is 1.89. The van der Waals surface area contributed by atoms with E-state index in [0.29, 0.717) is 6.42 Å². The fourth-order valence-electron chi connectivity index (χ4n) is 2.75. The number of likely N-dealkylation sites (N-methyl/N-ethyl adjacent to an activating group) is 1. The van der Waals surface area contributed by atoms with Crippen LogP contribution in [0.15, 0.2) is 30.3 Å². The molecule has 0 saturated heterocycles. The summed E-state index contributed by atoms with van der Waals surface area (Å²) in [6.45, 7) is 0. The molecule has 1 heterocycles. The first-order chi connectivity index (χ1) is 9.28. The maximum Gasteiger partial charge on any atom is 0.126 e. The van der Waals surface area contributed by atoms with E-state index < -0.39 is 0 Å². The second-order valence-corrected chi connectivity index (χ2v) is 6.26. The number of rotatable bonds is 4. The highest BCUT2D eigenvalue weighted by Gasteiger charge is 2.20. The molecule has 1 atom stereocenters. The Balaban J connectivity index is 1.82. The Kier molecular flexibility index (Phi) is 3.67. The summed E-state index contributed by atoms with van der Waals surface area (Å²) in [5, 5.41) is 3.33. The van der Waals surface area contributed by atoms with Crippen LogP contribution in [0.5, 0.6) is 0 Å². The monoisotopic (exact) mass is 275 g/mol. The van der Waals surface area contributed by atoms with E-state index >= 15 is 0 Å². The van der Waals surface area contributed by atoms with Gasteiger partial charge in [0.1, 0.15) is 5.82 Å². The summed E-state index contributed by atoms with van der Waals surface area (Å²) in [5.74, 6) is -0.105. The SMILES string of the molecule is CNC(Cc1ccccc1F)c1cc2c(s1)CCC2. The van der Waals surface area contributed by atoms with Crippen molar-refractivity contribution in [1.29, 1.82) is 0 Å². The van der Waals surface area contributed by atoms with Gasteiger partial charge in [-0.25, -0.2) is 4.39 Å². The van der Waals surface area contributed by atoms with Gasteiger partial charge in [-0.15, -0.1) is 11.3 Å². The molecule has 19 heavy (non-hydrogen) atoms. The van der Waals surface area contributed by atoms with Gasteiger partial charge in [0.15, 0.2) is 0 Å². The van der Waals surface area contributed by atoms with Gasteiger partial charge in [-0.3, -0.25) is 0 Å². The lowest BCUT2D eigenvalue weighted by atomic mass is 10.0. The van der Waals surface area contributed by atoms with Crippen molar-refractivity contribution in [3.63, 3.8) is 0 Å². The smallest absolute Gasteiger partial charge is 0.126 e. The molecule has 1 aliphatic carbocycles. The zero-order valence-electron chi connectivity index (χ0n) is 11.1. The Morgan fingerprint density at radius 3 is 2.89 bits per heavy atom. The highest BCUT2D eigenvalue weighted by Crippen LogP contribution is 2.34. The first-order valence-electron chi connectivity index (χ1n) is 6.80. The van der Waals surface area contributed by atoms with E-state index in [-0.39, 0.29) is 11.9 Å². The van der Waals surface area contributed by atoms with Crippen LogP contribution < -0.4 is 5.32 Å². The van der Waals surface area contributed by atoms with Crippen molar-refractivity contribution < 1.29 is 4.39 Å². The lowest BCUT2D eigenvalue weighted by molar-refractivity contribution is 0.559. The second-order valence-electron chi connectivity index (χ2n) is 5.09. The highest BCUT2D eigenvalue weighted by molar-refractivity contribution is 7.12. The molecule has 1 aliphatic rings. The van der Waals surface area contributed by atoms with Gasteiger partial charge in [-0.2, -0.15) is 0 Å². The molecular weight excluding hydrogens is 257 g/mol. The molecule has 3 heteroatoms. The van der Waals surface area contributed by atoms with Gasteiger partial charge >= 0.3 is 0 Å². The Morgan fingerprint density at radius 1 is 1.32 bits per heavy atom. The molecule has 1 aromatic heterocycles. The molecular formula is C16H18FNS. The molecule has 1 nitrogen and oxygen atoms in total. The van der Waals surface area contributed by atoms with E-state index in [0.717, 1.165) is 5.56 Å². The first-order valence-corrected chi connectivity index (χ1v) is 7.61. The minimum atomic E-state index is -0.105. The topological polar surface area (TPSA) is 12.0 Å². The predicted molar refractivity (Wildman–Crippen MR) is 78.2 cm³/mol. The van der Waals surface area contributed by atoms with Gasteiger partial charge in [-0.05, 0) is 56.0 Å². The van der Waals surface area contributed by atoms with Crippen molar-refractivity contribution >= 4 is 11.3 Å². The molecule has 3 rings (SSSR count). The fourth-order valence-corrected chi connectivity index (χ4v) is 4.12. The maximum atomic E-state index is 13.7. The van der Waals surface area contributed by atoms with Gasteiger partial charge in [0.2, 0.25) is 0 Å². The van der Waals surface area contributed by atoms with Crippen LogP contribution in [0.1, 0.15) is 33.3 Å². The molecule has 2 aromatic rings. The van der Waals surface area contributed by atoms with Crippen LogP contribution in [-0.4, -0.2) is 7.05 Å². The van der Waals surface area contributed by atoms with Gasteiger partial charge in [0, 0.05) is 15.8 Å². The van der Waals surface area contributed by atoms with Crippen LogP contribution in [0.3, 0.4) is 0 Å². The minimum Gasteiger partial charge on any atom is -0.312 e. The van der Waals surface area contributed by atoms with Crippen LogP contribution in [0.25, 0.3) is 0 Å². The molecule has 0 bridgehead atoms. The highest BCUT2D eigenvalue weighted by atomic mass is 32.1. The van der Waals surface area contributed by atoms with Gasteiger partial charge in [0.25, 0.3) is 0 Å². The van der Waals surface area contributed by atoms with E-state index in [1.54, 1.807) is 6.07 Å². The molecule has 1 N–H and O–H groups in total. The predicted octanol–water partition coefficient (Wildman–Crippen LogP) is 3.88. The normalized spacial score (nSPS) is 15.5. The second kappa shape index (κ2) is 5.43. The lowest BCUT2D eigenvalue weighted by Gasteiger charge is -2.15. The Hall–Kier alpha value is -1.19. The van der Waals surface area contributed by atoms with Crippen LogP contribution in [0, 0.1) is 5.82 Å². The number of nitrogens with one attached hydrogen (secondary N) is 1. The van der Waals surface area contributed by atoms with Crippen LogP contribution >= 0.6 is 11.3 Å². The third-order valence-corrected chi connectivity index (χ3v) is 5.19. The van der Waals surface area contributed by atoms with Crippen molar-refractivity contribution in [2.24, 2.45) is 0 Å². The molecule has 0 aliphatic heterocycles. The summed E-state index contributed by atoms with van der Waals surface area (Å²) in [6, 6.07) is 9.59. The standard InChI is InChI=1S/C16H18FNS/c1-18-14(9-11-5-2-3-7-13(11)17)16-10-12-6-4-8-15(12)19-16/h2-3,5,7,10,14,18H,4,6,8-9H2,1H3. The first kappa shape index (κ1) is 12.8. The number of halogens is 1. The molecule has 1 unspecified atom stereocenters. The largest absolute Gasteiger partial charge is 0.312 e. The van der Waals surface area contributed by atoms with Crippen LogP contribution in [0.2, 0.25) is 0 Å². The molecule has 0 saturated carbocycles. The number of benzene rings is 1. The van der Waals surface area contributed by atoms with Gasteiger partial charge in [0.05, 0.1) is 0 Å². The maximum absolute atomic E-state index is 13.7. The lowest BCUT2D eigenvalue weighted by Crippen LogP contribution is -2.18. The van der Waals surface area contributed by atoms with Crippen molar-refractivity contribution in [3.05, 3.63) is 57.0 Å². The Labute approximate surface area is 117 Å². The number of aryl methyl sites for hydroxylation is 2. The van der Waals surface area contributed by atoms with E-state index in [1.165, 1.54) is 40.6 Å². The van der Waals surface area contributed by atoms with Crippen molar-refractivity contribution in [2.45, 2.75) is 31.7 Å². The summed E-state index contributed by atoms with van der Waals surface area (Å²) in [4.78, 5) is 2.87. The zero-order chi connectivity index (χ0) is 13.2. The van der Waals surface area contributed by atoms with E-state index in [2.05, 4.69) is 11.4 Å². The third kappa shape index (κ3) is 2.58. The third-order valence-electron chi connectivity index (χ3n) is 3.84. The van der Waals surface area contributed by atoms with E-state index in [9.17, 15) is 4.39 Å². The fraction of sp³-hybridized carbons (Fsp3) is 0.375. The number of hydrogen-bond donors (Lipinski definition) is 1. The van der Waals surface area contributed by atoms with Gasteiger partial charge < -0.3 is 5.32 Å². The summed E-state index contributed by atoms with van der Waals surface area (Å²) in [7, 11) is 1.95. The molecule has 0 spiro atoms. The average Bonchev–Trinajstić information content (AvgIpc) is 2.98. The van der Waals surface area contributed by atoms with Gasteiger partial charge in [-0.1, -0.05) is 18.2 Å². The summed E-state index contributed by atoms with van der Waals surface area (Å²) < 4.78 is 13.7. The molecule has 0 fully saturated rings. The number of thiophene rings is 1. The Morgan fingerprint density at radius 2 is 2.16 bits per heavy atom. The quantitative estimate of drug-likeness (QED) is 0.893.